The molecule has 5 nitrogen and oxygen atoms in total. The molecule has 0 saturated heterocycles. The van der Waals surface area contributed by atoms with Crippen LogP contribution < -0.4 is 15.4 Å². The third kappa shape index (κ3) is 6.29. The number of amides is 2. The van der Waals surface area contributed by atoms with Crippen LogP contribution in [-0.2, 0) is 11.0 Å². The van der Waals surface area contributed by atoms with Crippen molar-refractivity contribution in [2.75, 3.05) is 11.9 Å². The van der Waals surface area contributed by atoms with Crippen LogP contribution in [-0.4, -0.2) is 24.5 Å². The molecular formula is C20H21F3N2O3. The van der Waals surface area contributed by atoms with Crippen molar-refractivity contribution < 1.29 is 27.5 Å². The fourth-order valence-corrected chi connectivity index (χ4v) is 2.23. The molecule has 0 aliphatic rings. The minimum absolute atomic E-state index is 0.0282. The van der Waals surface area contributed by atoms with Crippen molar-refractivity contribution in [2.24, 2.45) is 0 Å². The van der Waals surface area contributed by atoms with Gasteiger partial charge in [0.1, 0.15) is 5.75 Å². The Bertz CT molecular complexity index is 820. The fourth-order valence-electron chi connectivity index (χ4n) is 2.23. The number of hydrogen-bond donors (Lipinski definition) is 2. The molecule has 28 heavy (non-hydrogen) atoms. The number of rotatable bonds is 7. The SMILES string of the molecule is CCC(C)NC(=O)c1ccc(OCC(=O)Nc2cccc(C(F)(F)F)c2)cc1. The van der Waals surface area contributed by atoms with E-state index in [1.54, 1.807) is 24.3 Å². The van der Waals surface area contributed by atoms with Gasteiger partial charge in [0.15, 0.2) is 6.61 Å². The van der Waals surface area contributed by atoms with E-state index in [2.05, 4.69) is 10.6 Å². The minimum atomic E-state index is -4.49. The summed E-state index contributed by atoms with van der Waals surface area (Å²) in [7, 11) is 0. The topological polar surface area (TPSA) is 67.4 Å². The zero-order chi connectivity index (χ0) is 20.7. The van der Waals surface area contributed by atoms with Crippen LogP contribution in [0.5, 0.6) is 5.75 Å². The molecule has 1 unspecified atom stereocenters. The van der Waals surface area contributed by atoms with Gasteiger partial charge in [-0.1, -0.05) is 13.0 Å². The molecule has 150 valence electrons. The number of anilines is 1. The van der Waals surface area contributed by atoms with E-state index in [-0.39, 0.29) is 24.2 Å². The zero-order valence-electron chi connectivity index (χ0n) is 15.5. The smallest absolute Gasteiger partial charge is 0.416 e. The Hall–Kier alpha value is -3.03. The minimum Gasteiger partial charge on any atom is -0.484 e. The quantitative estimate of drug-likeness (QED) is 0.738. The van der Waals surface area contributed by atoms with Crippen molar-refractivity contribution in [2.45, 2.75) is 32.5 Å². The van der Waals surface area contributed by atoms with Gasteiger partial charge >= 0.3 is 6.18 Å². The van der Waals surface area contributed by atoms with Crippen LogP contribution in [0.2, 0.25) is 0 Å². The average molecular weight is 394 g/mol. The highest BCUT2D eigenvalue weighted by atomic mass is 19.4. The second kappa shape index (κ2) is 9.25. The van der Waals surface area contributed by atoms with Crippen molar-refractivity contribution in [1.29, 1.82) is 0 Å². The van der Waals surface area contributed by atoms with Crippen LogP contribution in [0.3, 0.4) is 0 Å². The van der Waals surface area contributed by atoms with Gasteiger partial charge < -0.3 is 15.4 Å². The lowest BCUT2D eigenvalue weighted by atomic mass is 10.2. The number of hydrogen-bond acceptors (Lipinski definition) is 3. The number of nitrogens with one attached hydrogen (secondary N) is 2. The summed E-state index contributed by atoms with van der Waals surface area (Å²) in [6.45, 7) is 3.49. The average Bonchev–Trinajstić information content (AvgIpc) is 2.66. The lowest BCUT2D eigenvalue weighted by molar-refractivity contribution is -0.137. The van der Waals surface area contributed by atoms with Crippen LogP contribution in [0, 0.1) is 0 Å². The number of carbonyl (C=O) groups excluding carboxylic acids is 2. The molecule has 0 aromatic heterocycles. The predicted molar refractivity (Wildman–Crippen MR) is 99.2 cm³/mol. The van der Waals surface area contributed by atoms with E-state index in [9.17, 15) is 22.8 Å². The summed E-state index contributed by atoms with van der Waals surface area (Å²) in [5.74, 6) is -0.444. The largest absolute Gasteiger partial charge is 0.484 e. The predicted octanol–water partition coefficient (Wildman–Crippen LogP) is 4.25. The summed E-state index contributed by atoms with van der Waals surface area (Å²) >= 11 is 0. The van der Waals surface area contributed by atoms with Crippen LogP contribution in [0.4, 0.5) is 18.9 Å². The number of alkyl halides is 3. The summed E-state index contributed by atoms with van der Waals surface area (Å²) in [5.41, 5.74) is -0.362. The molecule has 0 aliphatic carbocycles. The summed E-state index contributed by atoms with van der Waals surface area (Å²) in [6.07, 6.45) is -3.67. The standard InChI is InChI=1S/C20H21F3N2O3/c1-3-13(2)24-19(27)14-7-9-17(10-8-14)28-12-18(26)25-16-6-4-5-15(11-16)20(21,22)23/h4-11,13H,3,12H2,1-2H3,(H,24,27)(H,25,26). The normalized spacial score (nSPS) is 12.2. The first-order valence-electron chi connectivity index (χ1n) is 8.70. The number of ether oxygens (including phenoxy) is 1. The van der Waals surface area contributed by atoms with Gasteiger partial charge in [-0.2, -0.15) is 13.2 Å². The Kier molecular flexibility index (Phi) is 7.03. The third-order valence-corrected chi connectivity index (χ3v) is 3.95. The Balaban J connectivity index is 1.88. The van der Waals surface area contributed by atoms with Crippen LogP contribution in [0.1, 0.15) is 36.2 Å². The summed E-state index contributed by atoms with van der Waals surface area (Å²) in [5, 5.41) is 5.19. The maximum absolute atomic E-state index is 12.7. The molecule has 0 heterocycles. The highest BCUT2D eigenvalue weighted by Gasteiger charge is 2.30. The van der Waals surface area contributed by atoms with Gasteiger partial charge in [-0.15, -0.1) is 0 Å². The van der Waals surface area contributed by atoms with E-state index in [0.29, 0.717) is 11.3 Å². The molecule has 0 bridgehead atoms. The monoisotopic (exact) mass is 394 g/mol. The van der Waals surface area contributed by atoms with Crippen LogP contribution >= 0.6 is 0 Å². The van der Waals surface area contributed by atoms with E-state index in [1.165, 1.54) is 12.1 Å². The van der Waals surface area contributed by atoms with E-state index in [1.807, 2.05) is 13.8 Å². The van der Waals surface area contributed by atoms with E-state index in [4.69, 9.17) is 4.74 Å². The third-order valence-electron chi connectivity index (χ3n) is 3.95. The van der Waals surface area contributed by atoms with E-state index in [0.717, 1.165) is 18.6 Å². The van der Waals surface area contributed by atoms with Gasteiger partial charge in [0, 0.05) is 17.3 Å². The molecule has 1 atom stereocenters. The van der Waals surface area contributed by atoms with Gasteiger partial charge in [-0.25, -0.2) is 0 Å². The number of carbonyl (C=O) groups is 2. The molecule has 2 amide bonds. The molecule has 0 aliphatic heterocycles. The molecular weight excluding hydrogens is 373 g/mol. The van der Waals surface area contributed by atoms with Crippen LogP contribution in [0.15, 0.2) is 48.5 Å². The molecule has 0 spiro atoms. The zero-order valence-corrected chi connectivity index (χ0v) is 15.5. The summed E-state index contributed by atoms with van der Waals surface area (Å²) in [6, 6.07) is 10.6. The number of halogens is 3. The van der Waals surface area contributed by atoms with Crippen molar-refractivity contribution in [3.63, 3.8) is 0 Å². The highest BCUT2D eigenvalue weighted by Crippen LogP contribution is 2.30. The molecule has 8 heteroatoms. The van der Waals surface area contributed by atoms with Crippen molar-refractivity contribution in [3.8, 4) is 5.75 Å². The number of benzene rings is 2. The van der Waals surface area contributed by atoms with Gasteiger partial charge in [0.05, 0.1) is 5.56 Å². The van der Waals surface area contributed by atoms with Gasteiger partial charge in [0.25, 0.3) is 11.8 Å². The fraction of sp³-hybridized carbons (Fsp3) is 0.300. The molecule has 2 aromatic carbocycles. The molecule has 2 N–H and O–H groups in total. The Morgan fingerprint density at radius 2 is 1.79 bits per heavy atom. The Morgan fingerprint density at radius 3 is 2.39 bits per heavy atom. The van der Waals surface area contributed by atoms with Crippen molar-refractivity contribution >= 4 is 17.5 Å². The van der Waals surface area contributed by atoms with Gasteiger partial charge in [0.2, 0.25) is 0 Å². The summed E-state index contributed by atoms with van der Waals surface area (Å²) in [4.78, 5) is 23.9. The van der Waals surface area contributed by atoms with Gasteiger partial charge in [-0.3, -0.25) is 9.59 Å². The second-order valence-electron chi connectivity index (χ2n) is 6.22. The molecule has 0 saturated carbocycles. The highest BCUT2D eigenvalue weighted by molar-refractivity contribution is 5.94. The Labute approximate surface area is 160 Å². The lowest BCUT2D eigenvalue weighted by Gasteiger charge is -2.12. The first kappa shape index (κ1) is 21.3. The second-order valence-corrected chi connectivity index (χ2v) is 6.22. The van der Waals surface area contributed by atoms with E-state index >= 15 is 0 Å². The van der Waals surface area contributed by atoms with E-state index < -0.39 is 17.6 Å². The summed E-state index contributed by atoms with van der Waals surface area (Å²) < 4.78 is 43.4. The van der Waals surface area contributed by atoms with Gasteiger partial charge in [-0.05, 0) is 55.8 Å². The lowest BCUT2D eigenvalue weighted by Crippen LogP contribution is -2.31. The molecule has 0 radical (unpaired) electrons. The maximum atomic E-state index is 12.7. The van der Waals surface area contributed by atoms with Crippen LogP contribution in [0.25, 0.3) is 0 Å². The first-order valence-corrected chi connectivity index (χ1v) is 8.70. The Morgan fingerprint density at radius 1 is 1.11 bits per heavy atom. The van der Waals surface area contributed by atoms with Crippen molar-refractivity contribution in [1.82, 2.24) is 5.32 Å². The molecule has 0 fully saturated rings. The van der Waals surface area contributed by atoms with Crippen molar-refractivity contribution in [3.05, 3.63) is 59.7 Å². The molecule has 2 rings (SSSR count). The maximum Gasteiger partial charge on any atom is 0.416 e. The first-order chi connectivity index (χ1) is 13.2. The molecule has 2 aromatic rings.